The van der Waals surface area contributed by atoms with Gasteiger partial charge in [0.25, 0.3) is 0 Å². The minimum Gasteiger partial charge on any atom is -0.480 e. The molecule has 0 aromatic rings. The Morgan fingerprint density at radius 2 is 2.33 bits per heavy atom. The number of β-lactam (4-membered cyclic amide) rings is 1. The maximum atomic E-state index is 11.5. The highest BCUT2D eigenvalue weighted by Gasteiger charge is 2.63. The van der Waals surface area contributed by atoms with Crippen molar-refractivity contribution in [2.24, 2.45) is 5.73 Å². The number of hydrogen-bond donors (Lipinski definition) is 2. The number of carboxylic acids is 1. The molecule has 2 saturated heterocycles. The quantitative estimate of drug-likeness (QED) is 0.645. The molecule has 1 unspecified atom stereocenters. The number of thioether (sulfide) groups is 1. The number of hydrogen-bond acceptors (Lipinski definition) is 4. The zero-order valence-corrected chi connectivity index (χ0v) is 9.45. The molecule has 2 rings (SSSR count). The van der Waals surface area contributed by atoms with Gasteiger partial charge in [-0.2, -0.15) is 0 Å². The van der Waals surface area contributed by atoms with E-state index in [-0.39, 0.29) is 11.3 Å². The van der Waals surface area contributed by atoms with Crippen molar-refractivity contribution in [3.05, 3.63) is 0 Å². The Kier molecular flexibility index (Phi) is 2.24. The average Bonchev–Trinajstić information content (AvgIpc) is 2.49. The summed E-state index contributed by atoms with van der Waals surface area (Å²) in [5, 5.41) is 9.01. The van der Waals surface area contributed by atoms with Gasteiger partial charge in [0.05, 0.1) is 0 Å². The molecule has 6 heteroatoms. The molecule has 2 aliphatic rings. The first kappa shape index (κ1) is 10.8. The minimum atomic E-state index is -0.936. The van der Waals surface area contributed by atoms with Crippen LogP contribution in [0, 0.1) is 0 Å². The van der Waals surface area contributed by atoms with Crippen LogP contribution < -0.4 is 5.73 Å². The minimum absolute atomic E-state index is 0.149. The summed E-state index contributed by atoms with van der Waals surface area (Å²) in [5.74, 6) is -1.17. The maximum absolute atomic E-state index is 11.5. The van der Waals surface area contributed by atoms with E-state index >= 15 is 0 Å². The number of nitrogens with two attached hydrogens (primary N) is 1. The van der Waals surface area contributed by atoms with Crippen LogP contribution in [0.5, 0.6) is 0 Å². The number of carboxylic acid groups (broad SMARTS) is 1. The van der Waals surface area contributed by atoms with Gasteiger partial charge < -0.3 is 15.7 Å². The molecule has 15 heavy (non-hydrogen) atoms. The molecule has 4 atom stereocenters. The van der Waals surface area contributed by atoms with Gasteiger partial charge in [0.15, 0.2) is 0 Å². The number of carbonyl (C=O) groups is 2. The fraction of sp³-hybridized carbons (Fsp3) is 0.778. The molecule has 0 aromatic carbocycles. The van der Waals surface area contributed by atoms with Gasteiger partial charge in [-0.05, 0) is 13.3 Å². The third kappa shape index (κ3) is 1.21. The summed E-state index contributed by atoms with van der Waals surface area (Å²) in [6, 6.07) is -1.25. The highest BCUT2D eigenvalue weighted by Crippen LogP contribution is 2.51. The zero-order valence-electron chi connectivity index (χ0n) is 8.64. The average molecular weight is 230 g/mol. The fourth-order valence-corrected chi connectivity index (χ4v) is 3.87. The van der Waals surface area contributed by atoms with Crippen LogP contribution in [0.25, 0.3) is 0 Å². The summed E-state index contributed by atoms with van der Waals surface area (Å²) in [7, 11) is 0. The third-order valence-corrected chi connectivity index (χ3v) is 5.12. The first-order valence-electron chi connectivity index (χ1n) is 4.91. The molecule has 5 nitrogen and oxygen atoms in total. The molecule has 0 aliphatic carbocycles. The van der Waals surface area contributed by atoms with Gasteiger partial charge in [-0.1, -0.05) is 6.92 Å². The summed E-state index contributed by atoms with van der Waals surface area (Å²) >= 11 is 1.51. The second-order valence-corrected chi connectivity index (χ2v) is 5.84. The lowest BCUT2D eigenvalue weighted by Crippen LogP contribution is -2.68. The normalized spacial score (nSPS) is 43.8. The van der Waals surface area contributed by atoms with Crippen LogP contribution >= 0.6 is 11.8 Å². The van der Waals surface area contributed by atoms with Crippen molar-refractivity contribution in [1.82, 2.24) is 4.90 Å². The van der Waals surface area contributed by atoms with Gasteiger partial charge in [-0.15, -0.1) is 11.8 Å². The highest BCUT2D eigenvalue weighted by molar-refractivity contribution is 8.01. The summed E-state index contributed by atoms with van der Waals surface area (Å²) < 4.78 is -0.416. The van der Waals surface area contributed by atoms with Crippen molar-refractivity contribution in [2.45, 2.75) is 42.5 Å². The summed E-state index contributed by atoms with van der Waals surface area (Å²) in [6.45, 7) is 3.82. The Morgan fingerprint density at radius 1 is 1.73 bits per heavy atom. The lowest BCUT2D eigenvalue weighted by atomic mass is 9.93. The van der Waals surface area contributed by atoms with Gasteiger partial charge in [0, 0.05) is 4.75 Å². The topological polar surface area (TPSA) is 83.6 Å². The predicted molar refractivity (Wildman–Crippen MR) is 56.3 cm³/mol. The largest absolute Gasteiger partial charge is 0.480 e. The lowest BCUT2D eigenvalue weighted by Gasteiger charge is -2.41. The second-order valence-electron chi connectivity index (χ2n) is 4.19. The molecule has 2 aliphatic heterocycles. The predicted octanol–water partition coefficient (Wildman–Crippen LogP) is -0.149. The van der Waals surface area contributed by atoms with E-state index in [1.54, 1.807) is 0 Å². The Morgan fingerprint density at radius 3 is 2.80 bits per heavy atom. The van der Waals surface area contributed by atoms with E-state index in [2.05, 4.69) is 0 Å². The summed E-state index contributed by atoms with van der Waals surface area (Å²) in [6.07, 6.45) is 0.710. The van der Waals surface area contributed by atoms with E-state index in [0.29, 0.717) is 6.42 Å². The van der Waals surface area contributed by atoms with E-state index in [1.165, 1.54) is 16.7 Å². The summed E-state index contributed by atoms with van der Waals surface area (Å²) in [4.78, 5) is 24.1. The molecule has 0 aromatic heterocycles. The van der Waals surface area contributed by atoms with Crippen molar-refractivity contribution in [3.8, 4) is 0 Å². The van der Waals surface area contributed by atoms with Crippen molar-refractivity contribution in [3.63, 3.8) is 0 Å². The van der Waals surface area contributed by atoms with Crippen LogP contribution in [0.3, 0.4) is 0 Å². The second kappa shape index (κ2) is 3.12. The molecule has 0 bridgehead atoms. The third-order valence-electron chi connectivity index (χ3n) is 3.30. The molecular formula is C9H14N2O3S. The Hall–Kier alpha value is -0.750. The van der Waals surface area contributed by atoms with Gasteiger partial charge >= 0.3 is 5.97 Å². The molecule has 0 spiro atoms. The van der Waals surface area contributed by atoms with Crippen LogP contribution in [0.15, 0.2) is 0 Å². The van der Waals surface area contributed by atoms with Crippen LogP contribution in [-0.2, 0) is 9.59 Å². The number of rotatable bonds is 2. The van der Waals surface area contributed by atoms with Gasteiger partial charge in [-0.3, -0.25) is 4.79 Å². The van der Waals surface area contributed by atoms with E-state index in [4.69, 9.17) is 10.8 Å². The monoisotopic (exact) mass is 230 g/mol. The maximum Gasteiger partial charge on any atom is 0.327 e. The standard InChI is InChI=1S/C9H14N2O3S/c1-3-9(2)5(8(13)14)11-6(12)4(10)7(11)15-9/h4-5,7H,3,10H2,1-2H3,(H,13,14)/t4-,5+,7-,9?/m1/s1. The van der Waals surface area contributed by atoms with Crippen molar-refractivity contribution < 1.29 is 14.7 Å². The first-order valence-corrected chi connectivity index (χ1v) is 5.78. The molecule has 3 N–H and O–H groups in total. The van der Waals surface area contributed by atoms with E-state index < -0.39 is 22.8 Å². The number of aliphatic carboxylic acids is 1. The van der Waals surface area contributed by atoms with Crippen LogP contribution in [0.1, 0.15) is 20.3 Å². The zero-order chi connectivity index (χ0) is 11.4. The number of carbonyl (C=O) groups excluding carboxylic acids is 1. The molecule has 84 valence electrons. The van der Waals surface area contributed by atoms with E-state index in [9.17, 15) is 9.59 Å². The highest BCUT2D eigenvalue weighted by atomic mass is 32.2. The van der Waals surface area contributed by atoms with E-state index in [0.717, 1.165) is 0 Å². The van der Waals surface area contributed by atoms with Gasteiger partial charge in [0.2, 0.25) is 5.91 Å². The SMILES string of the molecule is CCC1(C)S[C@@H]2[C@H](N)C(=O)N2[C@H]1C(=O)O. The van der Waals surface area contributed by atoms with Crippen LogP contribution in [0.2, 0.25) is 0 Å². The van der Waals surface area contributed by atoms with Crippen LogP contribution in [0.4, 0.5) is 0 Å². The smallest absolute Gasteiger partial charge is 0.327 e. The van der Waals surface area contributed by atoms with Crippen molar-refractivity contribution >= 4 is 23.6 Å². The van der Waals surface area contributed by atoms with E-state index in [1.807, 2.05) is 13.8 Å². The van der Waals surface area contributed by atoms with Crippen LogP contribution in [-0.4, -0.2) is 44.1 Å². The van der Waals surface area contributed by atoms with Gasteiger partial charge in [-0.25, -0.2) is 4.79 Å². The van der Waals surface area contributed by atoms with Gasteiger partial charge in [0.1, 0.15) is 17.5 Å². The Balaban J connectivity index is 2.33. The molecule has 2 heterocycles. The number of amides is 1. The molecule has 0 saturated carbocycles. The number of nitrogens with zero attached hydrogens (tertiary/aromatic N) is 1. The molecule has 0 radical (unpaired) electrons. The summed E-state index contributed by atoms with van der Waals surface area (Å²) in [5.41, 5.74) is 5.64. The Bertz CT molecular complexity index is 335. The molecule has 1 amide bonds. The number of fused-ring (bicyclic) bond motifs is 1. The first-order chi connectivity index (χ1) is 6.92. The molecular weight excluding hydrogens is 216 g/mol. The molecule has 2 fully saturated rings. The van der Waals surface area contributed by atoms with Crippen molar-refractivity contribution in [2.75, 3.05) is 0 Å². The Labute approximate surface area is 92.0 Å². The fourth-order valence-electron chi connectivity index (χ4n) is 2.21. The lowest BCUT2D eigenvalue weighted by molar-refractivity contribution is -0.159. The van der Waals surface area contributed by atoms with Crippen molar-refractivity contribution in [1.29, 1.82) is 0 Å².